The quantitative estimate of drug-likeness (QED) is 0.363. The summed E-state index contributed by atoms with van der Waals surface area (Å²) in [5, 5.41) is 3.71. The molecule has 3 atom stereocenters. The molecular formula is C25H30ClNO6. The van der Waals surface area contributed by atoms with E-state index in [-0.39, 0.29) is 31.0 Å². The average Bonchev–Trinajstić information content (AvgIpc) is 2.75. The smallest absolute Gasteiger partial charge is 0.336 e. The first-order valence-corrected chi connectivity index (χ1v) is 11.4. The molecule has 3 rings (SSSR count). The molecule has 1 aromatic rings. The van der Waals surface area contributed by atoms with Gasteiger partial charge < -0.3 is 19.5 Å². The van der Waals surface area contributed by atoms with Crippen LogP contribution in [0.5, 0.6) is 0 Å². The Morgan fingerprint density at radius 1 is 1.24 bits per heavy atom. The maximum atomic E-state index is 13.6. The fourth-order valence-electron chi connectivity index (χ4n) is 4.47. The standard InChI is InChI=1S/C25H30ClNO6/c1-13(2)32-9-10-33-25(30)20-15(4)27-18-11-14(3)19(24(29)31-5)23(28)22(18)21(20)16-7-6-8-17(26)12-16/h6-8,12-14,19,21,27H,9-11H2,1-5H3/t14-,19+,21+/m0/s1. The summed E-state index contributed by atoms with van der Waals surface area (Å²) in [4.78, 5) is 39.3. The fraction of sp³-hybridized carbons (Fsp3) is 0.480. The summed E-state index contributed by atoms with van der Waals surface area (Å²) in [7, 11) is 1.27. The molecule has 0 radical (unpaired) electrons. The lowest BCUT2D eigenvalue weighted by atomic mass is 9.69. The predicted octanol–water partition coefficient (Wildman–Crippen LogP) is 3.92. The number of carbonyl (C=O) groups is 3. The highest BCUT2D eigenvalue weighted by atomic mass is 35.5. The zero-order valence-corrected chi connectivity index (χ0v) is 20.3. The molecule has 0 bridgehead atoms. The number of esters is 2. The summed E-state index contributed by atoms with van der Waals surface area (Å²) in [5.41, 5.74) is 2.67. The first-order valence-electron chi connectivity index (χ1n) is 11.0. The van der Waals surface area contributed by atoms with Crippen LogP contribution in [-0.4, -0.2) is 44.1 Å². The van der Waals surface area contributed by atoms with E-state index in [2.05, 4.69) is 5.32 Å². The number of benzene rings is 1. The van der Waals surface area contributed by atoms with E-state index >= 15 is 0 Å². The van der Waals surface area contributed by atoms with Gasteiger partial charge in [0.2, 0.25) is 0 Å². The summed E-state index contributed by atoms with van der Waals surface area (Å²) in [6.45, 7) is 7.77. The summed E-state index contributed by atoms with van der Waals surface area (Å²) >= 11 is 6.26. The molecule has 8 heteroatoms. The number of Topliss-reactive ketones (excluding diaryl/α,β-unsaturated/α-hetero) is 1. The second kappa shape index (κ2) is 10.5. The molecule has 33 heavy (non-hydrogen) atoms. The summed E-state index contributed by atoms with van der Waals surface area (Å²) in [5.74, 6) is -3.38. The Hall–Kier alpha value is -2.64. The zero-order chi connectivity index (χ0) is 24.3. The molecule has 1 N–H and O–H groups in total. The number of nitrogens with one attached hydrogen (secondary N) is 1. The minimum Gasteiger partial charge on any atom is -0.468 e. The number of allylic oxidation sites excluding steroid dienone is 3. The Labute approximate surface area is 199 Å². The molecule has 1 heterocycles. The van der Waals surface area contributed by atoms with Crippen LogP contribution in [0.4, 0.5) is 0 Å². The summed E-state index contributed by atoms with van der Waals surface area (Å²) in [6, 6.07) is 7.03. The lowest BCUT2D eigenvalue weighted by molar-refractivity contribution is -0.151. The fourth-order valence-corrected chi connectivity index (χ4v) is 4.67. The first kappa shape index (κ1) is 25.0. The van der Waals surface area contributed by atoms with E-state index in [0.29, 0.717) is 39.5 Å². The molecule has 178 valence electrons. The van der Waals surface area contributed by atoms with E-state index in [9.17, 15) is 14.4 Å². The second-order valence-corrected chi connectivity index (χ2v) is 9.08. The van der Waals surface area contributed by atoms with Crippen molar-refractivity contribution in [2.75, 3.05) is 20.3 Å². The second-order valence-electron chi connectivity index (χ2n) is 8.65. The highest BCUT2D eigenvalue weighted by Crippen LogP contribution is 2.45. The summed E-state index contributed by atoms with van der Waals surface area (Å²) in [6.07, 6.45) is 0.491. The van der Waals surface area contributed by atoms with E-state index in [1.165, 1.54) is 7.11 Å². The molecule has 0 amide bonds. The van der Waals surface area contributed by atoms with Crippen LogP contribution in [0.3, 0.4) is 0 Å². The first-order chi connectivity index (χ1) is 15.6. The maximum absolute atomic E-state index is 13.6. The van der Waals surface area contributed by atoms with Crippen molar-refractivity contribution in [3.63, 3.8) is 0 Å². The maximum Gasteiger partial charge on any atom is 0.336 e. The van der Waals surface area contributed by atoms with Crippen molar-refractivity contribution in [3.8, 4) is 0 Å². The molecule has 1 aliphatic heterocycles. The lowest BCUT2D eigenvalue weighted by Crippen LogP contribution is -2.43. The Balaban J connectivity index is 2.04. The normalized spacial score (nSPS) is 22.8. The van der Waals surface area contributed by atoms with Gasteiger partial charge in [0, 0.05) is 27.9 Å². The molecule has 0 fully saturated rings. The van der Waals surface area contributed by atoms with E-state index < -0.39 is 23.8 Å². The number of carbonyl (C=O) groups excluding carboxylic acids is 3. The number of rotatable bonds is 7. The van der Waals surface area contributed by atoms with Gasteiger partial charge in [0.1, 0.15) is 12.5 Å². The Morgan fingerprint density at radius 3 is 2.61 bits per heavy atom. The van der Waals surface area contributed by atoms with Gasteiger partial charge in [-0.25, -0.2) is 4.79 Å². The number of hydrogen-bond donors (Lipinski definition) is 1. The molecule has 0 aromatic heterocycles. The highest BCUT2D eigenvalue weighted by Gasteiger charge is 2.47. The van der Waals surface area contributed by atoms with E-state index in [4.69, 9.17) is 25.8 Å². The van der Waals surface area contributed by atoms with Gasteiger partial charge in [-0.15, -0.1) is 0 Å². The lowest BCUT2D eigenvalue weighted by Gasteiger charge is -2.38. The monoisotopic (exact) mass is 475 g/mol. The van der Waals surface area contributed by atoms with Crippen LogP contribution in [0, 0.1) is 11.8 Å². The summed E-state index contributed by atoms with van der Waals surface area (Å²) < 4.78 is 15.9. The van der Waals surface area contributed by atoms with Crippen molar-refractivity contribution in [2.45, 2.75) is 46.1 Å². The van der Waals surface area contributed by atoms with Crippen LogP contribution in [-0.2, 0) is 28.6 Å². The van der Waals surface area contributed by atoms with Gasteiger partial charge in [0.15, 0.2) is 5.78 Å². The van der Waals surface area contributed by atoms with Crippen molar-refractivity contribution in [3.05, 3.63) is 57.4 Å². The van der Waals surface area contributed by atoms with Crippen molar-refractivity contribution in [1.29, 1.82) is 0 Å². The van der Waals surface area contributed by atoms with Gasteiger partial charge in [-0.1, -0.05) is 30.7 Å². The van der Waals surface area contributed by atoms with Crippen molar-refractivity contribution >= 4 is 29.3 Å². The topological polar surface area (TPSA) is 90.9 Å². The van der Waals surface area contributed by atoms with Gasteiger partial charge >= 0.3 is 11.9 Å². The SMILES string of the molecule is COC(=O)[C@H]1C(=O)C2=C(C[C@@H]1C)NC(C)=C(C(=O)OCCOC(C)C)[C@H]2c1cccc(Cl)c1. The van der Waals surface area contributed by atoms with Crippen LogP contribution in [0.2, 0.25) is 5.02 Å². The zero-order valence-electron chi connectivity index (χ0n) is 19.6. The molecule has 7 nitrogen and oxygen atoms in total. The molecule has 2 aliphatic rings. The minimum atomic E-state index is -0.938. The van der Waals surface area contributed by atoms with Gasteiger partial charge in [0.25, 0.3) is 0 Å². The molecule has 0 unspecified atom stereocenters. The van der Waals surface area contributed by atoms with Gasteiger partial charge in [0.05, 0.1) is 25.4 Å². The van der Waals surface area contributed by atoms with Gasteiger partial charge in [-0.2, -0.15) is 0 Å². The van der Waals surface area contributed by atoms with Crippen molar-refractivity contribution in [2.24, 2.45) is 11.8 Å². The minimum absolute atomic E-state index is 0.0185. The van der Waals surface area contributed by atoms with Crippen LogP contribution in [0.25, 0.3) is 0 Å². The third-order valence-corrected chi connectivity index (χ3v) is 6.15. The highest BCUT2D eigenvalue weighted by molar-refractivity contribution is 6.30. The van der Waals surface area contributed by atoms with Crippen molar-refractivity contribution < 1.29 is 28.6 Å². The average molecular weight is 476 g/mol. The molecular weight excluding hydrogens is 446 g/mol. The number of methoxy groups -OCH3 is 1. The number of ketones is 1. The number of ether oxygens (including phenoxy) is 3. The van der Waals surface area contributed by atoms with E-state index in [1.807, 2.05) is 26.8 Å². The van der Waals surface area contributed by atoms with Crippen LogP contribution < -0.4 is 5.32 Å². The Bertz CT molecular complexity index is 1010. The van der Waals surface area contributed by atoms with Gasteiger partial charge in [-0.3, -0.25) is 9.59 Å². The molecule has 0 spiro atoms. The molecule has 0 saturated heterocycles. The molecule has 1 aliphatic carbocycles. The van der Waals surface area contributed by atoms with Crippen LogP contribution >= 0.6 is 11.6 Å². The van der Waals surface area contributed by atoms with Crippen LogP contribution in [0.15, 0.2) is 46.8 Å². The van der Waals surface area contributed by atoms with Gasteiger partial charge in [-0.05, 0) is 50.8 Å². The van der Waals surface area contributed by atoms with E-state index in [1.54, 1.807) is 25.1 Å². The van der Waals surface area contributed by atoms with E-state index in [0.717, 1.165) is 0 Å². The number of halogens is 1. The Kier molecular flexibility index (Phi) is 7.97. The van der Waals surface area contributed by atoms with Crippen molar-refractivity contribution in [1.82, 2.24) is 5.32 Å². The third kappa shape index (κ3) is 5.31. The molecule has 1 aromatic carbocycles. The van der Waals surface area contributed by atoms with Crippen LogP contribution in [0.1, 0.15) is 45.6 Å². The Morgan fingerprint density at radius 2 is 1.97 bits per heavy atom. The predicted molar refractivity (Wildman–Crippen MR) is 123 cm³/mol. The number of hydrogen-bond acceptors (Lipinski definition) is 7. The molecule has 0 saturated carbocycles. The third-order valence-electron chi connectivity index (χ3n) is 5.91. The largest absolute Gasteiger partial charge is 0.468 e. The number of dihydropyridines is 1.